The summed E-state index contributed by atoms with van der Waals surface area (Å²) in [5.74, 6) is -11.6. The van der Waals surface area contributed by atoms with Crippen LogP contribution in [0.2, 0.25) is 0 Å². The van der Waals surface area contributed by atoms with E-state index in [2.05, 4.69) is 33.8 Å². The predicted octanol–water partition coefficient (Wildman–Crippen LogP) is 6.16. The van der Waals surface area contributed by atoms with Gasteiger partial charge in [0.2, 0.25) is 0 Å². The van der Waals surface area contributed by atoms with Crippen molar-refractivity contribution in [1.82, 2.24) is 0 Å². The summed E-state index contributed by atoms with van der Waals surface area (Å²) in [6.45, 7) is 21.8. The van der Waals surface area contributed by atoms with Gasteiger partial charge in [0, 0.05) is 24.3 Å². The Labute approximate surface area is 598 Å². The third-order valence-electron chi connectivity index (χ3n) is 10.5. The number of nitrogens with zero attached hydrogens (tertiary/aromatic N) is 4. The third kappa shape index (κ3) is 43.3. The molecular weight excluding hydrogens is 1480 g/mol. The molecule has 4 aromatic rings. The summed E-state index contributed by atoms with van der Waals surface area (Å²) < 4.78 is 258. The molecule has 4 rings (SSSR count). The average Bonchev–Trinajstić information content (AvgIpc) is 0.860. The van der Waals surface area contributed by atoms with E-state index >= 15 is 0 Å². The maximum absolute atomic E-state index is 13.0. The smallest absolute Gasteiger partial charge is 1.00 e. The van der Waals surface area contributed by atoms with Crippen LogP contribution in [0.1, 0.15) is 123 Å². The van der Waals surface area contributed by atoms with Gasteiger partial charge in [-0.2, -0.15) is 52.7 Å². The zero-order chi connectivity index (χ0) is 70.5. The molecule has 0 radical (unpaired) electrons. The Bertz CT molecular complexity index is 2780. The minimum absolute atomic E-state index is 0. The van der Waals surface area contributed by atoms with Crippen LogP contribution in [0.25, 0.3) is 0 Å². The summed E-state index contributed by atoms with van der Waals surface area (Å²) in [4.78, 5) is 12.6. The predicted molar refractivity (Wildman–Crippen MR) is 298 cm³/mol. The minimum atomic E-state index is -4.91. The molecule has 0 heterocycles. The summed E-state index contributed by atoms with van der Waals surface area (Å²) in [5, 5.41) is 46.6. The summed E-state index contributed by atoms with van der Waals surface area (Å²) in [6.07, 6.45) is -12.8. The van der Waals surface area contributed by atoms with Gasteiger partial charge in [0.15, 0.2) is 0 Å². The van der Waals surface area contributed by atoms with Crippen molar-refractivity contribution in [2.45, 2.75) is 147 Å². The molecule has 0 bridgehead atoms. The van der Waals surface area contributed by atoms with Crippen molar-refractivity contribution in [2.24, 2.45) is 41.6 Å². The van der Waals surface area contributed by atoms with Crippen LogP contribution in [0.3, 0.4) is 0 Å². The van der Waals surface area contributed by atoms with Crippen molar-refractivity contribution in [2.75, 3.05) is 0 Å². The SMILES string of the molecule is CC(C)(C)/C([O-])=C/C(=Nc1cc(F)cc(F)c1)C(F)(F)F.CC(C)(C)/C([O-])=C/C(=Nc1cc(F)cc(F)c1)C(F)(F)F.CC(C)(C)/C([O-])=C/C(=Nc1cc(F)cc(F)c1)C(F)(F)F.CC(C)(C)/C([O-])=C/C(=Nc1cc(F)cc(F)c1)C(F)(F)F.CCCCCC.[Cl-].[Cl-].[Cl-].[Cl-].[Ti+4].[Ti+4]. The van der Waals surface area contributed by atoms with Gasteiger partial charge in [-0.15, -0.1) is 23.0 Å². The van der Waals surface area contributed by atoms with Crippen molar-refractivity contribution in [1.29, 1.82) is 0 Å². The van der Waals surface area contributed by atoms with Crippen LogP contribution in [0, 0.1) is 68.2 Å². The van der Waals surface area contributed by atoms with Crippen molar-refractivity contribution in [3.63, 3.8) is 0 Å². The fourth-order valence-corrected chi connectivity index (χ4v) is 5.54. The van der Waals surface area contributed by atoms with E-state index in [4.69, 9.17) is 0 Å². The first-order valence-electron chi connectivity index (χ1n) is 26.5. The van der Waals surface area contributed by atoms with Crippen molar-refractivity contribution < 1.29 is 201 Å². The fourth-order valence-electron chi connectivity index (χ4n) is 5.54. The minimum Gasteiger partial charge on any atom is -1.00 e. The summed E-state index contributed by atoms with van der Waals surface area (Å²) in [6, 6.07) is 7.19. The maximum atomic E-state index is 13.0. The number of hydrogen-bond acceptors (Lipinski definition) is 8. The molecule has 0 saturated heterocycles. The summed E-state index contributed by atoms with van der Waals surface area (Å²) in [7, 11) is 0. The van der Waals surface area contributed by atoms with Crippen molar-refractivity contribution in [3.8, 4) is 0 Å². The molecule has 0 amide bonds. The summed E-state index contributed by atoms with van der Waals surface area (Å²) >= 11 is 0. The standard InChI is InChI=1S/4C14H14F5NO.C6H14.4ClH.2Ti/c4*1-13(2,3)12(21)7-11(14(17,18)19)20-10-5-8(15)4-9(16)6-10;1-3-5-6-4-2;;;;;;/h4*4-7,21H,1-3H3;3-6H2,1-2H3;4*1H;;/q;;;;;;;;;2*+4/p-8/b4*12-7-,20-11?;;;;;;;. The van der Waals surface area contributed by atoms with Crippen LogP contribution < -0.4 is 70.1 Å². The average molecular weight is 1550 g/mol. The van der Waals surface area contributed by atoms with Crippen LogP contribution in [0.15, 0.2) is 140 Å². The fraction of sp³-hybridized carbons (Fsp3) is 0.419. The van der Waals surface area contributed by atoms with Crippen LogP contribution in [0.5, 0.6) is 0 Å². The molecule has 96 heavy (non-hydrogen) atoms. The second-order valence-corrected chi connectivity index (χ2v) is 23.2. The van der Waals surface area contributed by atoms with Crippen molar-refractivity contribution in [3.05, 3.63) is 167 Å². The first kappa shape index (κ1) is 104. The number of halogens is 24. The molecule has 0 saturated carbocycles. The zero-order valence-electron chi connectivity index (χ0n) is 53.6. The molecule has 8 nitrogen and oxygen atoms in total. The van der Waals surface area contributed by atoms with Gasteiger partial charge in [0.05, 0.1) is 22.7 Å². The van der Waals surface area contributed by atoms with Crippen LogP contribution in [-0.2, 0) is 43.4 Å². The summed E-state index contributed by atoms with van der Waals surface area (Å²) in [5.41, 5.74) is -12.4. The van der Waals surface area contributed by atoms with E-state index < -0.39 is 162 Å². The van der Waals surface area contributed by atoms with Crippen molar-refractivity contribution >= 4 is 45.6 Å². The van der Waals surface area contributed by atoms with Gasteiger partial charge in [0.1, 0.15) is 69.4 Å². The van der Waals surface area contributed by atoms with E-state index in [0.717, 1.165) is 0 Å². The monoisotopic (exact) mass is 1550 g/mol. The second kappa shape index (κ2) is 44.1. The normalized spacial score (nSPS) is 13.2. The zero-order valence-corrected chi connectivity index (χ0v) is 59.7. The molecule has 0 aliphatic carbocycles. The largest absolute Gasteiger partial charge is 4.00 e. The second-order valence-electron chi connectivity index (χ2n) is 23.2. The molecule has 0 spiro atoms. The van der Waals surface area contributed by atoms with Gasteiger partial charge in [-0.05, 0) is 94.5 Å². The molecule has 0 aliphatic heterocycles. The van der Waals surface area contributed by atoms with E-state index in [1.165, 1.54) is 109 Å². The number of rotatable bonds is 11. The number of aliphatic imine (C=N–C) groups is 4. The Balaban J connectivity index is -0.000000209. The van der Waals surface area contributed by atoms with Gasteiger partial charge in [-0.25, -0.2) is 55.1 Å². The first-order valence-corrected chi connectivity index (χ1v) is 26.5. The first-order chi connectivity index (χ1) is 40.5. The van der Waals surface area contributed by atoms with E-state index in [9.17, 15) is 108 Å². The van der Waals surface area contributed by atoms with E-state index in [-0.39, 0.29) is 93.1 Å². The number of alkyl halides is 12. The Morgan fingerprint density at radius 1 is 0.292 bits per heavy atom. The van der Waals surface area contributed by atoms with Crippen LogP contribution >= 0.6 is 0 Å². The Kier molecular flexibility index (Phi) is 48.0. The molecule has 0 unspecified atom stereocenters. The van der Waals surface area contributed by atoms with Gasteiger partial charge in [-0.1, -0.05) is 123 Å². The topological polar surface area (TPSA) is 142 Å². The number of allylic oxidation sites excluding steroid dienone is 8. The van der Waals surface area contributed by atoms with Crippen LogP contribution in [0.4, 0.5) is 111 Å². The molecule has 534 valence electrons. The Morgan fingerprint density at radius 2 is 0.417 bits per heavy atom. The van der Waals surface area contributed by atoms with Gasteiger partial charge < -0.3 is 70.1 Å². The molecular formula is C62H66Cl4F20N4O4Ti2. The molecule has 0 atom stereocenters. The van der Waals surface area contributed by atoms with Crippen LogP contribution in [-0.4, -0.2) is 47.6 Å². The van der Waals surface area contributed by atoms with E-state index in [1.54, 1.807) is 0 Å². The Morgan fingerprint density at radius 3 is 0.510 bits per heavy atom. The number of benzene rings is 4. The van der Waals surface area contributed by atoms with Gasteiger partial charge in [0.25, 0.3) is 0 Å². The maximum Gasteiger partial charge on any atom is 4.00 e. The molecule has 34 heteroatoms. The van der Waals surface area contributed by atoms with Gasteiger partial charge >= 0.3 is 68.1 Å². The molecule has 0 fully saturated rings. The number of hydrogen-bond donors (Lipinski definition) is 0. The molecule has 0 aromatic heterocycles. The van der Waals surface area contributed by atoms with E-state index in [1.807, 2.05) is 0 Å². The number of unbranched alkanes of at least 4 members (excludes halogenated alkanes) is 3. The molecule has 0 N–H and O–H groups in total. The third-order valence-corrected chi connectivity index (χ3v) is 10.5. The van der Waals surface area contributed by atoms with E-state index in [0.29, 0.717) is 97.1 Å². The quantitative estimate of drug-likeness (QED) is 0.0584. The molecule has 4 aromatic carbocycles. The molecule has 0 aliphatic rings. The van der Waals surface area contributed by atoms with Gasteiger partial charge in [-0.3, -0.25) is 0 Å². The Hall–Kier alpha value is -5.09.